The fourth-order valence-corrected chi connectivity index (χ4v) is 3.33. The van der Waals surface area contributed by atoms with Gasteiger partial charge >= 0.3 is 0 Å². The van der Waals surface area contributed by atoms with Gasteiger partial charge in [0.25, 0.3) is 5.91 Å². The number of halogens is 1. The number of Topliss-reactive ketones (excluding diaryl/α,β-unsaturated/α-hetero) is 1. The molecule has 0 saturated carbocycles. The van der Waals surface area contributed by atoms with E-state index in [0.29, 0.717) is 11.3 Å². The highest BCUT2D eigenvalue weighted by Crippen LogP contribution is 2.39. The van der Waals surface area contributed by atoms with E-state index in [9.17, 15) is 14.0 Å². The highest BCUT2D eigenvalue weighted by atomic mass is 19.1. The molecule has 1 aliphatic carbocycles. The molecule has 3 rings (SSSR count). The Hall–Kier alpha value is -2.69. The summed E-state index contributed by atoms with van der Waals surface area (Å²) in [6.45, 7) is 5.47. The Labute approximate surface area is 146 Å². The van der Waals surface area contributed by atoms with Crippen LogP contribution in [-0.4, -0.2) is 18.3 Å². The normalized spacial score (nSPS) is 15.8. The van der Waals surface area contributed by atoms with Crippen molar-refractivity contribution in [3.05, 3.63) is 58.4 Å². The smallest absolute Gasteiger partial charge is 0.262 e. The Morgan fingerprint density at radius 1 is 1.24 bits per heavy atom. The lowest BCUT2D eigenvalue weighted by Gasteiger charge is -2.12. The minimum atomic E-state index is -0.402. The van der Waals surface area contributed by atoms with E-state index in [0.717, 1.165) is 11.1 Å². The predicted octanol–water partition coefficient (Wildman–Crippen LogP) is 4.15. The van der Waals surface area contributed by atoms with E-state index in [4.69, 9.17) is 4.74 Å². The second-order valence-corrected chi connectivity index (χ2v) is 6.58. The first kappa shape index (κ1) is 17.1. The number of hydrogen-bond acceptors (Lipinski definition) is 3. The van der Waals surface area contributed by atoms with Gasteiger partial charge in [-0.1, -0.05) is 13.0 Å². The van der Waals surface area contributed by atoms with E-state index in [2.05, 4.69) is 5.32 Å². The Morgan fingerprint density at radius 3 is 2.60 bits per heavy atom. The zero-order valence-electron chi connectivity index (χ0n) is 14.5. The zero-order valence-corrected chi connectivity index (χ0v) is 14.5. The lowest BCUT2D eigenvalue weighted by Crippen LogP contribution is -2.21. The van der Waals surface area contributed by atoms with Crippen LogP contribution in [0, 0.1) is 19.7 Å². The van der Waals surface area contributed by atoms with Crippen molar-refractivity contribution in [2.24, 2.45) is 0 Å². The largest absolute Gasteiger partial charge is 0.483 e. The van der Waals surface area contributed by atoms with Gasteiger partial charge in [-0.05, 0) is 55.2 Å². The minimum Gasteiger partial charge on any atom is -0.483 e. The number of carbonyl (C=O) groups is 2. The van der Waals surface area contributed by atoms with Crippen molar-refractivity contribution in [1.29, 1.82) is 0 Å². The van der Waals surface area contributed by atoms with Gasteiger partial charge in [0.1, 0.15) is 11.6 Å². The number of ether oxygens (including phenoxy) is 1. The van der Waals surface area contributed by atoms with Gasteiger partial charge in [-0.25, -0.2) is 4.39 Å². The molecule has 1 aliphatic rings. The Kier molecular flexibility index (Phi) is 4.57. The SMILES string of the molecule is Cc1cc(C)cc(NC(=O)COc2ccc(F)c3c2C(=O)CC3C)c1. The first-order chi connectivity index (χ1) is 11.8. The summed E-state index contributed by atoms with van der Waals surface area (Å²) in [5.74, 6) is -0.787. The minimum absolute atomic E-state index is 0.147. The van der Waals surface area contributed by atoms with Crippen LogP contribution in [0.15, 0.2) is 30.3 Å². The number of nitrogens with one attached hydrogen (secondary N) is 1. The molecule has 0 fully saturated rings. The Bertz CT molecular complexity index is 840. The average molecular weight is 341 g/mol. The molecule has 0 aromatic heterocycles. The number of aryl methyl sites for hydroxylation is 2. The average Bonchev–Trinajstić information content (AvgIpc) is 2.81. The van der Waals surface area contributed by atoms with E-state index in [-0.39, 0.29) is 41.9 Å². The molecule has 4 nitrogen and oxygen atoms in total. The topological polar surface area (TPSA) is 55.4 Å². The van der Waals surface area contributed by atoms with Crippen molar-refractivity contribution >= 4 is 17.4 Å². The van der Waals surface area contributed by atoms with Crippen LogP contribution >= 0.6 is 0 Å². The van der Waals surface area contributed by atoms with Crippen LogP contribution in [-0.2, 0) is 4.79 Å². The van der Waals surface area contributed by atoms with Crippen LogP contribution in [0.2, 0.25) is 0 Å². The van der Waals surface area contributed by atoms with E-state index in [1.54, 1.807) is 0 Å². The van der Waals surface area contributed by atoms with Crippen molar-refractivity contribution < 1.29 is 18.7 Å². The highest BCUT2D eigenvalue weighted by molar-refractivity contribution is 6.04. The molecule has 0 spiro atoms. The number of rotatable bonds is 4. The number of hydrogen-bond donors (Lipinski definition) is 1. The molecular formula is C20H20FNO3. The van der Waals surface area contributed by atoms with Gasteiger partial charge in [0.05, 0.1) is 5.56 Å². The van der Waals surface area contributed by atoms with E-state index < -0.39 is 5.82 Å². The second kappa shape index (κ2) is 6.67. The molecule has 2 aromatic carbocycles. The summed E-state index contributed by atoms with van der Waals surface area (Å²) in [4.78, 5) is 24.2. The summed E-state index contributed by atoms with van der Waals surface area (Å²) >= 11 is 0. The number of amides is 1. The maximum atomic E-state index is 14.0. The Morgan fingerprint density at radius 2 is 1.92 bits per heavy atom. The van der Waals surface area contributed by atoms with E-state index in [1.165, 1.54) is 12.1 Å². The molecule has 25 heavy (non-hydrogen) atoms. The van der Waals surface area contributed by atoms with Crippen LogP contribution in [0.3, 0.4) is 0 Å². The van der Waals surface area contributed by atoms with Gasteiger partial charge in [-0.15, -0.1) is 0 Å². The third kappa shape index (κ3) is 3.55. The molecule has 1 amide bonds. The number of anilines is 1. The maximum absolute atomic E-state index is 14.0. The molecule has 0 heterocycles. The summed E-state index contributed by atoms with van der Waals surface area (Å²) in [6.07, 6.45) is 0.265. The number of fused-ring (bicyclic) bond motifs is 1. The highest BCUT2D eigenvalue weighted by Gasteiger charge is 2.32. The molecule has 1 N–H and O–H groups in total. The van der Waals surface area contributed by atoms with Crippen molar-refractivity contribution in [3.8, 4) is 5.75 Å². The molecule has 1 unspecified atom stereocenters. The van der Waals surface area contributed by atoms with Gasteiger partial charge in [-0.3, -0.25) is 9.59 Å². The van der Waals surface area contributed by atoms with Gasteiger partial charge in [0.2, 0.25) is 0 Å². The van der Waals surface area contributed by atoms with Crippen LogP contribution in [0.5, 0.6) is 5.75 Å². The molecule has 5 heteroatoms. The fraction of sp³-hybridized carbons (Fsp3) is 0.300. The standard InChI is InChI=1S/C20H20FNO3/c1-11-6-12(2)8-14(7-11)22-18(24)10-25-17-5-4-15(21)19-13(3)9-16(23)20(17)19/h4-8,13H,9-10H2,1-3H3,(H,22,24). The molecule has 0 saturated heterocycles. The Balaban J connectivity index is 1.72. The quantitative estimate of drug-likeness (QED) is 0.909. The summed E-state index contributed by atoms with van der Waals surface area (Å²) in [7, 11) is 0. The van der Waals surface area contributed by atoms with E-state index >= 15 is 0 Å². The number of ketones is 1. The van der Waals surface area contributed by atoms with Crippen molar-refractivity contribution in [3.63, 3.8) is 0 Å². The van der Waals surface area contributed by atoms with Gasteiger partial charge in [0.15, 0.2) is 12.4 Å². The third-order valence-corrected chi connectivity index (χ3v) is 4.28. The van der Waals surface area contributed by atoms with Crippen molar-refractivity contribution in [2.75, 3.05) is 11.9 Å². The second-order valence-electron chi connectivity index (χ2n) is 6.58. The van der Waals surface area contributed by atoms with Crippen LogP contribution in [0.4, 0.5) is 10.1 Å². The fourth-order valence-electron chi connectivity index (χ4n) is 3.33. The monoisotopic (exact) mass is 341 g/mol. The van der Waals surface area contributed by atoms with Gasteiger partial charge in [0, 0.05) is 17.7 Å². The summed E-state index contributed by atoms with van der Waals surface area (Å²) < 4.78 is 19.5. The van der Waals surface area contributed by atoms with Crippen LogP contribution < -0.4 is 10.1 Å². The number of benzene rings is 2. The lowest BCUT2D eigenvalue weighted by atomic mass is 10.0. The van der Waals surface area contributed by atoms with Gasteiger partial charge in [-0.2, -0.15) is 0 Å². The first-order valence-electron chi connectivity index (χ1n) is 8.21. The van der Waals surface area contributed by atoms with Crippen molar-refractivity contribution in [2.45, 2.75) is 33.1 Å². The third-order valence-electron chi connectivity index (χ3n) is 4.28. The molecule has 2 aromatic rings. The number of carbonyl (C=O) groups excluding carboxylic acids is 2. The van der Waals surface area contributed by atoms with Gasteiger partial charge < -0.3 is 10.1 Å². The van der Waals surface area contributed by atoms with Crippen LogP contribution in [0.25, 0.3) is 0 Å². The summed E-state index contributed by atoms with van der Waals surface area (Å²) in [5.41, 5.74) is 3.45. The first-order valence-corrected chi connectivity index (χ1v) is 8.21. The lowest BCUT2D eigenvalue weighted by molar-refractivity contribution is -0.118. The van der Waals surface area contributed by atoms with Crippen LogP contribution in [0.1, 0.15) is 46.3 Å². The molecule has 130 valence electrons. The van der Waals surface area contributed by atoms with Crippen molar-refractivity contribution in [1.82, 2.24) is 0 Å². The maximum Gasteiger partial charge on any atom is 0.262 e. The predicted molar refractivity (Wildman–Crippen MR) is 93.8 cm³/mol. The molecule has 1 atom stereocenters. The van der Waals surface area contributed by atoms with E-state index in [1.807, 2.05) is 39.0 Å². The summed E-state index contributed by atoms with van der Waals surface area (Å²) in [5, 5.41) is 2.77. The summed E-state index contributed by atoms with van der Waals surface area (Å²) in [6, 6.07) is 8.44. The molecule has 0 radical (unpaired) electrons. The molecular weight excluding hydrogens is 321 g/mol. The zero-order chi connectivity index (χ0) is 18.1. The molecule has 0 bridgehead atoms. The molecule has 0 aliphatic heterocycles.